The van der Waals surface area contributed by atoms with Crippen molar-refractivity contribution in [3.8, 4) is 0 Å². The topological polar surface area (TPSA) is 12.0 Å². The fourth-order valence-corrected chi connectivity index (χ4v) is 2.71. The van der Waals surface area contributed by atoms with Gasteiger partial charge in [0.1, 0.15) is 5.82 Å². The zero-order valence-electron chi connectivity index (χ0n) is 11.2. The van der Waals surface area contributed by atoms with E-state index in [-0.39, 0.29) is 16.9 Å². The van der Waals surface area contributed by atoms with Gasteiger partial charge >= 0.3 is 0 Å². The summed E-state index contributed by atoms with van der Waals surface area (Å²) in [5, 5.41) is 3.44. The highest BCUT2D eigenvalue weighted by molar-refractivity contribution is 14.1. The number of likely N-dealkylation sites (N-methyl/N-ethyl adjacent to an activating group) is 1. The normalized spacial score (nSPS) is 12.4. The second kappa shape index (κ2) is 7.38. The third-order valence-electron chi connectivity index (χ3n) is 3.30. The van der Waals surface area contributed by atoms with Crippen molar-refractivity contribution in [2.75, 3.05) is 7.05 Å². The van der Waals surface area contributed by atoms with Crippen LogP contribution in [0.5, 0.6) is 0 Å². The van der Waals surface area contributed by atoms with Gasteiger partial charge in [0.2, 0.25) is 0 Å². The van der Waals surface area contributed by atoms with E-state index in [9.17, 15) is 4.39 Å². The average molecular weight is 404 g/mol. The Bertz CT molecular complexity index is 571. The maximum Gasteiger partial charge on any atom is 0.145 e. The molecule has 0 heterocycles. The molecule has 0 aliphatic rings. The van der Waals surface area contributed by atoms with Crippen LogP contribution in [0.3, 0.4) is 0 Å². The lowest BCUT2D eigenvalue weighted by Crippen LogP contribution is -2.30. The second-order valence-corrected chi connectivity index (χ2v) is 6.39. The fraction of sp³-hybridized carbons (Fsp3) is 0.250. The largest absolute Gasteiger partial charge is 0.316 e. The molecule has 0 aliphatic carbocycles. The van der Waals surface area contributed by atoms with Crippen LogP contribution in [0.15, 0.2) is 42.5 Å². The van der Waals surface area contributed by atoms with E-state index in [1.165, 1.54) is 9.13 Å². The molecule has 0 amide bonds. The van der Waals surface area contributed by atoms with Crippen molar-refractivity contribution in [2.24, 2.45) is 0 Å². The first-order chi connectivity index (χ1) is 9.60. The molecular weight excluding hydrogens is 388 g/mol. The molecule has 4 heteroatoms. The van der Waals surface area contributed by atoms with Crippen molar-refractivity contribution in [1.29, 1.82) is 0 Å². The molecule has 2 aromatic rings. The van der Waals surface area contributed by atoms with Crippen molar-refractivity contribution in [3.05, 3.63) is 68.0 Å². The van der Waals surface area contributed by atoms with Crippen LogP contribution in [-0.2, 0) is 12.8 Å². The van der Waals surface area contributed by atoms with Crippen LogP contribution in [0.4, 0.5) is 4.39 Å². The minimum Gasteiger partial charge on any atom is -0.316 e. The molecule has 2 aromatic carbocycles. The molecule has 1 unspecified atom stereocenters. The van der Waals surface area contributed by atoms with Crippen LogP contribution < -0.4 is 5.32 Å². The molecule has 0 aliphatic heterocycles. The molecule has 20 heavy (non-hydrogen) atoms. The first-order valence-corrected chi connectivity index (χ1v) is 7.90. The lowest BCUT2D eigenvalue weighted by molar-refractivity contribution is 0.532. The van der Waals surface area contributed by atoms with E-state index in [4.69, 9.17) is 11.6 Å². The number of benzene rings is 2. The van der Waals surface area contributed by atoms with E-state index >= 15 is 0 Å². The van der Waals surface area contributed by atoms with Gasteiger partial charge in [0.05, 0.1) is 5.02 Å². The summed E-state index contributed by atoms with van der Waals surface area (Å²) < 4.78 is 15.1. The molecule has 106 valence electrons. The Morgan fingerprint density at radius 2 is 1.85 bits per heavy atom. The van der Waals surface area contributed by atoms with Gasteiger partial charge in [-0.15, -0.1) is 0 Å². The smallest absolute Gasteiger partial charge is 0.145 e. The highest BCUT2D eigenvalue weighted by Crippen LogP contribution is 2.20. The Morgan fingerprint density at radius 1 is 1.15 bits per heavy atom. The van der Waals surface area contributed by atoms with Gasteiger partial charge in [0, 0.05) is 9.61 Å². The molecule has 0 radical (unpaired) electrons. The van der Waals surface area contributed by atoms with Crippen molar-refractivity contribution in [3.63, 3.8) is 0 Å². The van der Waals surface area contributed by atoms with Crippen LogP contribution in [0.25, 0.3) is 0 Å². The zero-order valence-corrected chi connectivity index (χ0v) is 14.1. The summed E-state index contributed by atoms with van der Waals surface area (Å²) in [4.78, 5) is 0. The summed E-state index contributed by atoms with van der Waals surface area (Å²) in [5.41, 5.74) is 1.90. The lowest BCUT2D eigenvalue weighted by Gasteiger charge is -2.17. The van der Waals surface area contributed by atoms with E-state index in [1.807, 2.05) is 7.05 Å². The van der Waals surface area contributed by atoms with Gasteiger partial charge in [0.25, 0.3) is 0 Å². The molecule has 0 saturated heterocycles. The van der Waals surface area contributed by atoms with Crippen molar-refractivity contribution in [1.82, 2.24) is 5.32 Å². The van der Waals surface area contributed by atoms with E-state index in [2.05, 4.69) is 52.2 Å². The highest BCUT2D eigenvalue weighted by atomic mass is 127. The van der Waals surface area contributed by atoms with Gasteiger partial charge in [-0.1, -0.05) is 35.9 Å². The number of nitrogens with one attached hydrogen (secondary N) is 1. The van der Waals surface area contributed by atoms with Gasteiger partial charge in [-0.05, 0) is 71.8 Å². The summed E-state index contributed by atoms with van der Waals surface area (Å²) in [5.74, 6) is -0.308. The predicted molar refractivity (Wildman–Crippen MR) is 90.8 cm³/mol. The monoisotopic (exact) mass is 403 g/mol. The quantitative estimate of drug-likeness (QED) is 0.727. The highest BCUT2D eigenvalue weighted by Gasteiger charge is 2.13. The van der Waals surface area contributed by atoms with Crippen molar-refractivity contribution in [2.45, 2.75) is 18.9 Å². The number of hydrogen-bond acceptors (Lipinski definition) is 1. The molecule has 1 nitrogen and oxygen atoms in total. The summed E-state index contributed by atoms with van der Waals surface area (Å²) in [7, 11) is 1.90. The summed E-state index contributed by atoms with van der Waals surface area (Å²) in [6.45, 7) is 0. The third-order valence-corrected chi connectivity index (χ3v) is 4.31. The maximum absolute atomic E-state index is 13.9. The summed E-state index contributed by atoms with van der Waals surface area (Å²) >= 11 is 8.11. The van der Waals surface area contributed by atoms with Crippen LogP contribution >= 0.6 is 34.2 Å². The molecule has 2 rings (SSSR count). The molecule has 0 fully saturated rings. The van der Waals surface area contributed by atoms with Crippen LogP contribution in [0, 0.1) is 9.39 Å². The fourth-order valence-electron chi connectivity index (χ4n) is 2.15. The molecular formula is C16H16ClFIN. The number of hydrogen-bond donors (Lipinski definition) is 1. The summed E-state index contributed by atoms with van der Waals surface area (Å²) in [6.07, 6.45) is 1.48. The molecule has 0 aromatic heterocycles. The first-order valence-electron chi connectivity index (χ1n) is 6.44. The Balaban J connectivity index is 2.09. The Kier molecular flexibility index (Phi) is 5.81. The minimum absolute atomic E-state index is 0.183. The average Bonchev–Trinajstić information content (AvgIpc) is 2.45. The van der Waals surface area contributed by atoms with E-state index in [0.717, 1.165) is 6.42 Å². The van der Waals surface area contributed by atoms with E-state index in [1.54, 1.807) is 18.2 Å². The summed E-state index contributed by atoms with van der Waals surface area (Å²) in [6, 6.07) is 13.7. The van der Waals surface area contributed by atoms with Gasteiger partial charge in [0.15, 0.2) is 0 Å². The van der Waals surface area contributed by atoms with Gasteiger partial charge in [-0.3, -0.25) is 0 Å². The Morgan fingerprint density at radius 3 is 2.50 bits per heavy atom. The van der Waals surface area contributed by atoms with Gasteiger partial charge in [-0.2, -0.15) is 0 Å². The third kappa shape index (κ3) is 4.17. The Labute approximate surface area is 137 Å². The SMILES string of the molecule is CNC(Cc1ccc(I)cc1)Cc1cccc(Cl)c1F. The molecule has 1 atom stereocenters. The predicted octanol–water partition coefficient (Wildman–Crippen LogP) is 4.46. The van der Waals surface area contributed by atoms with Crippen LogP contribution in [0.1, 0.15) is 11.1 Å². The molecule has 0 spiro atoms. The standard InChI is InChI=1S/C16H16ClFIN/c1-20-14(9-11-5-7-13(19)8-6-11)10-12-3-2-4-15(17)16(12)18/h2-8,14,20H,9-10H2,1H3. The van der Waals surface area contributed by atoms with Gasteiger partial charge < -0.3 is 5.32 Å². The Hall–Kier alpha value is -0.650. The van der Waals surface area contributed by atoms with Gasteiger partial charge in [-0.25, -0.2) is 4.39 Å². The van der Waals surface area contributed by atoms with E-state index < -0.39 is 0 Å². The maximum atomic E-state index is 13.9. The van der Waals surface area contributed by atoms with Crippen LogP contribution in [0.2, 0.25) is 5.02 Å². The second-order valence-electron chi connectivity index (χ2n) is 4.73. The number of rotatable bonds is 5. The molecule has 0 saturated carbocycles. The molecule has 1 N–H and O–H groups in total. The zero-order chi connectivity index (χ0) is 14.5. The van der Waals surface area contributed by atoms with Crippen LogP contribution in [-0.4, -0.2) is 13.1 Å². The minimum atomic E-state index is -0.308. The van der Waals surface area contributed by atoms with E-state index in [0.29, 0.717) is 12.0 Å². The number of halogens is 3. The van der Waals surface area contributed by atoms with Crippen molar-refractivity contribution < 1.29 is 4.39 Å². The molecule has 0 bridgehead atoms. The first kappa shape index (κ1) is 15.7. The lowest BCUT2D eigenvalue weighted by atomic mass is 9.99. The van der Waals surface area contributed by atoms with Crippen molar-refractivity contribution >= 4 is 34.2 Å².